The molecule has 0 atom stereocenters. The number of aromatic nitrogens is 2. The van der Waals surface area contributed by atoms with Crippen LogP contribution in [-0.2, 0) is 0 Å². The van der Waals surface area contributed by atoms with Crippen molar-refractivity contribution in [1.82, 2.24) is 9.97 Å². The molecule has 0 aliphatic carbocycles. The topological polar surface area (TPSA) is 25.8 Å². The van der Waals surface area contributed by atoms with E-state index in [2.05, 4.69) is 9.97 Å². The second-order valence-corrected chi connectivity index (χ2v) is 2.56. The molecule has 13 heavy (non-hydrogen) atoms. The van der Waals surface area contributed by atoms with Crippen LogP contribution in [0.25, 0.3) is 10.3 Å². The van der Waals surface area contributed by atoms with Gasteiger partial charge in [0.1, 0.15) is 0 Å². The average molecular weight is 196 g/mol. The van der Waals surface area contributed by atoms with E-state index < -0.39 is 0 Å². The lowest BCUT2D eigenvalue weighted by atomic mass is 10.5. The zero-order valence-corrected chi connectivity index (χ0v) is 9.43. The van der Waals surface area contributed by atoms with E-state index in [0.717, 1.165) is 10.3 Å². The molecule has 0 spiro atoms. The van der Waals surface area contributed by atoms with Crippen LogP contribution in [0.15, 0.2) is 23.8 Å². The molecule has 2 nitrogen and oxygen atoms in total. The van der Waals surface area contributed by atoms with Gasteiger partial charge in [0.05, 0.1) is 10.2 Å². The first kappa shape index (κ1) is 12.0. The van der Waals surface area contributed by atoms with Gasteiger partial charge in [0, 0.05) is 6.20 Å². The average Bonchev–Trinajstić information content (AvgIpc) is 2.71. The van der Waals surface area contributed by atoms with Crippen molar-refractivity contribution in [3.8, 4) is 0 Å². The standard InChI is InChI=1S/C6H4N2S.2C2H6/c1-2-5-6(7-3-1)8-4-9-5;2*1-2/h1-4H;2*1-2H3. The molecule has 2 aromatic heterocycles. The van der Waals surface area contributed by atoms with Gasteiger partial charge in [-0.2, -0.15) is 0 Å². The molecule has 0 aromatic carbocycles. The van der Waals surface area contributed by atoms with Gasteiger partial charge in [-0.05, 0) is 12.1 Å². The summed E-state index contributed by atoms with van der Waals surface area (Å²) in [6.45, 7) is 8.00. The van der Waals surface area contributed by atoms with Crippen LogP contribution < -0.4 is 0 Å². The maximum absolute atomic E-state index is 4.04. The Hall–Kier alpha value is -0.960. The van der Waals surface area contributed by atoms with E-state index in [9.17, 15) is 0 Å². The first-order valence-corrected chi connectivity index (χ1v) is 5.49. The summed E-state index contributed by atoms with van der Waals surface area (Å²) < 4.78 is 1.15. The smallest absolute Gasteiger partial charge is 0.170 e. The van der Waals surface area contributed by atoms with E-state index in [-0.39, 0.29) is 0 Å². The molecule has 2 aromatic rings. The summed E-state index contributed by atoms with van der Waals surface area (Å²) in [6.07, 6.45) is 1.75. The van der Waals surface area contributed by atoms with Crippen LogP contribution >= 0.6 is 11.3 Å². The number of pyridine rings is 1. The van der Waals surface area contributed by atoms with E-state index in [0.29, 0.717) is 0 Å². The molecule has 0 N–H and O–H groups in total. The van der Waals surface area contributed by atoms with Gasteiger partial charge in [-0.15, -0.1) is 11.3 Å². The molecule has 0 saturated heterocycles. The van der Waals surface area contributed by atoms with Crippen molar-refractivity contribution in [3.05, 3.63) is 23.8 Å². The predicted molar refractivity (Wildman–Crippen MR) is 60.1 cm³/mol. The van der Waals surface area contributed by atoms with Gasteiger partial charge >= 0.3 is 0 Å². The summed E-state index contributed by atoms with van der Waals surface area (Å²) in [5.74, 6) is 0. The van der Waals surface area contributed by atoms with E-state index in [1.165, 1.54) is 0 Å². The quantitative estimate of drug-likeness (QED) is 0.641. The fourth-order valence-electron chi connectivity index (χ4n) is 0.704. The predicted octanol–water partition coefficient (Wildman–Crippen LogP) is 3.74. The first-order chi connectivity index (χ1) is 6.47. The highest BCUT2D eigenvalue weighted by molar-refractivity contribution is 7.16. The zero-order chi connectivity index (χ0) is 10.1. The molecule has 0 aliphatic heterocycles. The fourth-order valence-corrected chi connectivity index (χ4v) is 1.34. The highest BCUT2D eigenvalue weighted by Gasteiger charge is 1.91. The minimum absolute atomic E-state index is 0.850. The summed E-state index contributed by atoms with van der Waals surface area (Å²) in [7, 11) is 0. The molecule has 0 fully saturated rings. The monoisotopic (exact) mass is 196 g/mol. The molecule has 0 unspecified atom stereocenters. The van der Waals surface area contributed by atoms with Crippen LogP contribution in [-0.4, -0.2) is 9.97 Å². The normalized spacial score (nSPS) is 8.00. The molecule has 0 amide bonds. The van der Waals surface area contributed by atoms with Gasteiger partial charge in [-0.25, -0.2) is 9.97 Å². The maximum atomic E-state index is 4.04. The molecular weight excluding hydrogens is 180 g/mol. The minimum atomic E-state index is 0.850. The number of rotatable bonds is 0. The summed E-state index contributed by atoms with van der Waals surface area (Å²) in [5, 5.41) is 0. The lowest BCUT2D eigenvalue weighted by molar-refractivity contribution is 1.33. The summed E-state index contributed by atoms with van der Waals surface area (Å²) in [5.41, 5.74) is 2.65. The van der Waals surface area contributed by atoms with Crippen molar-refractivity contribution >= 4 is 21.7 Å². The molecule has 3 heteroatoms. The number of hydrogen-bond donors (Lipinski definition) is 0. The van der Waals surface area contributed by atoms with Crippen LogP contribution in [0.4, 0.5) is 0 Å². The molecule has 0 radical (unpaired) electrons. The van der Waals surface area contributed by atoms with Crippen LogP contribution in [0.2, 0.25) is 0 Å². The Labute approximate surface area is 83.7 Å². The molecule has 0 saturated carbocycles. The van der Waals surface area contributed by atoms with Gasteiger partial charge in [-0.3, -0.25) is 0 Å². The summed E-state index contributed by atoms with van der Waals surface area (Å²) in [4.78, 5) is 8.07. The molecular formula is C10H16N2S. The van der Waals surface area contributed by atoms with Crippen molar-refractivity contribution in [2.24, 2.45) is 0 Å². The third-order valence-corrected chi connectivity index (χ3v) is 1.89. The van der Waals surface area contributed by atoms with Crippen molar-refractivity contribution in [1.29, 1.82) is 0 Å². The Kier molecular flexibility index (Phi) is 7.11. The van der Waals surface area contributed by atoms with Crippen LogP contribution in [0.5, 0.6) is 0 Å². The molecule has 2 heterocycles. The molecule has 72 valence electrons. The second-order valence-electron chi connectivity index (χ2n) is 1.68. The van der Waals surface area contributed by atoms with E-state index >= 15 is 0 Å². The van der Waals surface area contributed by atoms with Gasteiger partial charge in [0.2, 0.25) is 0 Å². The highest BCUT2D eigenvalue weighted by Crippen LogP contribution is 2.12. The Morgan fingerprint density at radius 1 is 1.08 bits per heavy atom. The fraction of sp³-hybridized carbons (Fsp3) is 0.400. The van der Waals surface area contributed by atoms with E-state index in [1.54, 1.807) is 23.0 Å². The summed E-state index contributed by atoms with van der Waals surface area (Å²) in [6, 6.07) is 3.93. The minimum Gasteiger partial charge on any atom is -0.236 e. The van der Waals surface area contributed by atoms with Crippen molar-refractivity contribution < 1.29 is 0 Å². The largest absolute Gasteiger partial charge is 0.236 e. The number of fused-ring (bicyclic) bond motifs is 1. The molecule has 2 rings (SSSR count). The molecule has 0 aliphatic rings. The second kappa shape index (κ2) is 7.68. The van der Waals surface area contributed by atoms with Crippen molar-refractivity contribution in [2.75, 3.05) is 0 Å². The highest BCUT2D eigenvalue weighted by atomic mass is 32.1. The van der Waals surface area contributed by atoms with Gasteiger partial charge < -0.3 is 0 Å². The maximum Gasteiger partial charge on any atom is 0.170 e. The Morgan fingerprint density at radius 2 is 1.77 bits per heavy atom. The van der Waals surface area contributed by atoms with Crippen molar-refractivity contribution in [3.63, 3.8) is 0 Å². The number of thiazole rings is 1. The number of hydrogen-bond acceptors (Lipinski definition) is 3. The first-order valence-electron chi connectivity index (χ1n) is 4.61. The molecule has 0 bridgehead atoms. The van der Waals surface area contributed by atoms with Gasteiger partial charge in [0.15, 0.2) is 5.65 Å². The Bertz CT molecular complexity index is 287. The van der Waals surface area contributed by atoms with Crippen molar-refractivity contribution in [2.45, 2.75) is 27.7 Å². The van der Waals surface area contributed by atoms with E-state index in [4.69, 9.17) is 0 Å². The Morgan fingerprint density at radius 3 is 2.38 bits per heavy atom. The third kappa shape index (κ3) is 3.51. The van der Waals surface area contributed by atoms with E-state index in [1.807, 2.05) is 39.8 Å². The van der Waals surface area contributed by atoms with Gasteiger partial charge in [-0.1, -0.05) is 27.7 Å². The van der Waals surface area contributed by atoms with Crippen LogP contribution in [0, 0.1) is 0 Å². The lowest BCUT2D eigenvalue weighted by Gasteiger charge is -1.79. The van der Waals surface area contributed by atoms with Crippen LogP contribution in [0.1, 0.15) is 27.7 Å². The summed E-state index contributed by atoms with van der Waals surface area (Å²) >= 11 is 1.61. The lowest BCUT2D eigenvalue weighted by Crippen LogP contribution is -1.70. The van der Waals surface area contributed by atoms with Crippen LogP contribution in [0.3, 0.4) is 0 Å². The number of nitrogens with zero attached hydrogens (tertiary/aromatic N) is 2. The Balaban J connectivity index is 0.000000322. The SMILES string of the molecule is CC.CC.c1cnc2ncsc2c1. The third-order valence-electron chi connectivity index (χ3n) is 1.11. The van der Waals surface area contributed by atoms with Gasteiger partial charge in [0.25, 0.3) is 0 Å². The zero-order valence-electron chi connectivity index (χ0n) is 8.61.